The first kappa shape index (κ1) is 17.3. The molecule has 1 aromatic carbocycles. The highest BCUT2D eigenvalue weighted by molar-refractivity contribution is 6.10. The van der Waals surface area contributed by atoms with E-state index in [-0.39, 0.29) is 18.4 Å². The van der Waals surface area contributed by atoms with E-state index in [1.807, 2.05) is 6.92 Å². The van der Waals surface area contributed by atoms with Crippen molar-refractivity contribution in [2.24, 2.45) is 5.92 Å². The van der Waals surface area contributed by atoms with Gasteiger partial charge in [-0.3, -0.25) is 14.5 Å². The quantitative estimate of drug-likeness (QED) is 0.819. The number of imide groups is 1. The predicted molar refractivity (Wildman–Crippen MR) is 92.2 cm³/mol. The van der Waals surface area contributed by atoms with E-state index < -0.39 is 17.5 Å². The van der Waals surface area contributed by atoms with Gasteiger partial charge in [-0.15, -0.1) is 0 Å². The SMILES string of the molecule is COc1ccccc1NC(=O)CN1C(=O)N[C@@]2(CCCC[C@H]2C)C1=O. The number of benzene rings is 1. The smallest absolute Gasteiger partial charge is 0.325 e. The maximum atomic E-state index is 12.9. The Morgan fingerprint density at radius 3 is 2.84 bits per heavy atom. The summed E-state index contributed by atoms with van der Waals surface area (Å²) in [5.74, 6) is -0.140. The number of amides is 4. The van der Waals surface area contributed by atoms with Crippen LogP contribution in [0.2, 0.25) is 0 Å². The number of ether oxygens (including phenoxy) is 1. The van der Waals surface area contributed by atoms with Gasteiger partial charge in [0.15, 0.2) is 0 Å². The summed E-state index contributed by atoms with van der Waals surface area (Å²) in [6.45, 7) is 1.67. The average molecular weight is 345 g/mol. The lowest BCUT2D eigenvalue weighted by Crippen LogP contribution is -2.54. The molecule has 2 aliphatic rings. The molecule has 134 valence electrons. The topological polar surface area (TPSA) is 87.7 Å². The van der Waals surface area contributed by atoms with Crippen molar-refractivity contribution in [2.75, 3.05) is 19.0 Å². The van der Waals surface area contributed by atoms with E-state index in [1.54, 1.807) is 24.3 Å². The predicted octanol–water partition coefficient (Wildman–Crippen LogP) is 2.13. The van der Waals surface area contributed by atoms with Crippen molar-refractivity contribution in [3.63, 3.8) is 0 Å². The number of carbonyl (C=O) groups excluding carboxylic acids is 3. The third-order valence-electron chi connectivity index (χ3n) is 5.18. The molecule has 2 fully saturated rings. The van der Waals surface area contributed by atoms with Gasteiger partial charge in [-0.1, -0.05) is 31.9 Å². The molecule has 0 aromatic heterocycles. The van der Waals surface area contributed by atoms with Crippen molar-refractivity contribution >= 4 is 23.5 Å². The van der Waals surface area contributed by atoms with Crippen molar-refractivity contribution < 1.29 is 19.1 Å². The van der Waals surface area contributed by atoms with Gasteiger partial charge in [-0.25, -0.2) is 4.79 Å². The minimum Gasteiger partial charge on any atom is -0.495 e. The van der Waals surface area contributed by atoms with Gasteiger partial charge in [-0.2, -0.15) is 0 Å². The van der Waals surface area contributed by atoms with Crippen LogP contribution in [0, 0.1) is 5.92 Å². The fourth-order valence-electron chi connectivity index (χ4n) is 3.72. The molecule has 0 bridgehead atoms. The summed E-state index contributed by atoms with van der Waals surface area (Å²) in [6.07, 6.45) is 3.48. The highest BCUT2D eigenvalue weighted by Crippen LogP contribution is 2.38. The molecule has 4 amide bonds. The van der Waals surface area contributed by atoms with Crippen LogP contribution in [-0.4, -0.2) is 41.9 Å². The second-order valence-electron chi connectivity index (χ2n) is 6.69. The molecule has 1 aromatic rings. The molecule has 1 spiro atoms. The number of nitrogens with zero attached hydrogens (tertiary/aromatic N) is 1. The van der Waals surface area contributed by atoms with E-state index in [1.165, 1.54) is 7.11 Å². The number of hydrogen-bond donors (Lipinski definition) is 2. The monoisotopic (exact) mass is 345 g/mol. The van der Waals surface area contributed by atoms with E-state index in [2.05, 4.69) is 10.6 Å². The molecule has 0 radical (unpaired) electrons. The third kappa shape index (κ3) is 3.06. The van der Waals surface area contributed by atoms with Crippen molar-refractivity contribution in [3.05, 3.63) is 24.3 Å². The first-order valence-corrected chi connectivity index (χ1v) is 8.55. The molecule has 25 heavy (non-hydrogen) atoms. The molecule has 1 aliphatic carbocycles. The third-order valence-corrected chi connectivity index (χ3v) is 5.18. The zero-order valence-electron chi connectivity index (χ0n) is 14.5. The average Bonchev–Trinajstić information content (AvgIpc) is 2.83. The largest absolute Gasteiger partial charge is 0.495 e. The second-order valence-corrected chi connectivity index (χ2v) is 6.69. The van der Waals surface area contributed by atoms with Gasteiger partial charge in [0.05, 0.1) is 12.8 Å². The minimum atomic E-state index is -0.847. The molecule has 1 heterocycles. The van der Waals surface area contributed by atoms with Gasteiger partial charge >= 0.3 is 6.03 Å². The van der Waals surface area contributed by atoms with Crippen LogP contribution in [0.15, 0.2) is 24.3 Å². The normalized spacial score (nSPS) is 25.8. The molecule has 3 rings (SSSR count). The standard InChI is InChI=1S/C18H23N3O4/c1-12-7-5-6-10-18(12)16(23)21(17(24)20-18)11-15(22)19-13-8-3-4-9-14(13)25-2/h3-4,8-9,12H,5-7,10-11H2,1-2H3,(H,19,22)(H,20,24)/t12-,18-/m1/s1. The summed E-state index contributed by atoms with van der Waals surface area (Å²) in [6, 6.07) is 6.49. The highest BCUT2D eigenvalue weighted by atomic mass is 16.5. The lowest BCUT2D eigenvalue weighted by Gasteiger charge is -2.36. The van der Waals surface area contributed by atoms with Crippen LogP contribution in [-0.2, 0) is 9.59 Å². The Morgan fingerprint density at radius 2 is 2.12 bits per heavy atom. The minimum absolute atomic E-state index is 0.0694. The van der Waals surface area contributed by atoms with Gasteiger partial charge in [0, 0.05) is 0 Å². The Balaban J connectivity index is 1.71. The number of hydrogen-bond acceptors (Lipinski definition) is 4. The number of anilines is 1. The van der Waals surface area contributed by atoms with E-state index >= 15 is 0 Å². The van der Waals surface area contributed by atoms with E-state index in [0.29, 0.717) is 17.9 Å². The summed E-state index contributed by atoms with van der Waals surface area (Å²) in [4.78, 5) is 38.5. The Bertz CT molecular complexity index is 705. The van der Waals surface area contributed by atoms with Gasteiger partial charge in [0.1, 0.15) is 17.8 Å². The summed E-state index contributed by atoms with van der Waals surface area (Å²) in [5, 5.41) is 5.54. The number of carbonyl (C=O) groups is 3. The molecule has 0 unspecified atom stereocenters. The molecular weight excluding hydrogens is 322 g/mol. The number of methoxy groups -OCH3 is 1. The zero-order chi connectivity index (χ0) is 18.0. The Labute approximate surface area is 146 Å². The van der Waals surface area contributed by atoms with Crippen molar-refractivity contribution in [2.45, 2.75) is 38.1 Å². The fraction of sp³-hybridized carbons (Fsp3) is 0.500. The molecule has 1 saturated heterocycles. The number of rotatable bonds is 4. The van der Waals surface area contributed by atoms with Crippen LogP contribution in [0.3, 0.4) is 0 Å². The van der Waals surface area contributed by atoms with Crippen molar-refractivity contribution in [3.8, 4) is 5.75 Å². The number of nitrogens with one attached hydrogen (secondary N) is 2. The summed E-state index contributed by atoms with van der Waals surface area (Å²) in [5.41, 5.74) is -0.345. The molecular formula is C18H23N3O4. The number of urea groups is 1. The molecule has 1 aliphatic heterocycles. The maximum absolute atomic E-state index is 12.9. The molecule has 2 N–H and O–H groups in total. The number of para-hydroxylation sites is 2. The van der Waals surface area contributed by atoms with Gasteiger partial charge < -0.3 is 15.4 Å². The Kier molecular flexibility index (Phi) is 4.65. The maximum Gasteiger partial charge on any atom is 0.325 e. The summed E-state index contributed by atoms with van der Waals surface area (Å²) >= 11 is 0. The zero-order valence-corrected chi connectivity index (χ0v) is 14.5. The van der Waals surface area contributed by atoms with E-state index in [4.69, 9.17) is 4.74 Å². The van der Waals surface area contributed by atoms with Crippen LogP contribution < -0.4 is 15.4 Å². The van der Waals surface area contributed by atoms with Gasteiger partial charge in [0.25, 0.3) is 5.91 Å². The first-order chi connectivity index (χ1) is 12.0. The summed E-state index contributed by atoms with van der Waals surface area (Å²) < 4.78 is 5.19. The lowest BCUT2D eigenvalue weighted by molar-refractivity contribution is -0.136. The van der Waals surface area contributed by atoms with Crippen LogP contribution in [0.5, 0.6) is 5.75 Å². The van der Waals surface area contributed by atoms with Crippen LogP contribution >= 0.6 is 0 Å². The van der Waals surface area contributed by atoms with Crippen LogP contribution in [0.1, 0.15) is 32.6 Å². The lowest BCUT2D eigenvalue weighted by atomic mass is 9.73. The van der Waals surface area contributed by atoms with Crippen molar-refractivity contribution in [1.29, 1.82) is 0 Å². The molecule has 7 nitrogen and oxygen atoms in total. The van der Waals surface area contributed by atoms with E-state index in [9.17, 15) is 14.4 Å². The summed E-state index contributed by atoms with van der Waals surface area (Å²) in [7, 11) is 1.51. The van der Waals surface area contributed by atoms with Crippen LogP contribution in [0.4, 0.5) is 10.5 Å². The van der Waals surface area contributed by atoms with Crippen LogP contribution in [0.25, 0.3) is 0 Å². The highest BCUT2D eigenvalue weighted by Gasteiger charge is 2.55. The first-order valence-electron chi connectivity index (χ1n) is 8.55. The second kappa shape index (κ2) is 6.74. The Hall–Kier alpha value is -2.57. The van der Waals surface area contributed by atoms with E-state index in [0.717, 1.165) is 24.2 Å². The molecule has 7 heteroatoms. The van der Waals surface area contributed by atoms with Gasteiger partial charge in [0.2, 0.25) is 5.91 Å². The fourth-order valence-corrected chi connectivity index (χ4v) is 3.72. The Morgan fingerprint density at radius 1 is 1.36 bits per heavy atom. The molecule has 1 saturated carbocycles. The van der Waals surface area contributed by atoms with Gasteiger partial charge in [-0.05, 0) is 30.9 Å². The molecule has 2 atom stereocenters. The van der Waals surface area contributed by atoms with Crippen molar-refractivity contribution in [1.82, 2.24) is 10.2 Å².